The molecular weight excluding hydrogens is 366 g/mol. The van der Waals surface area contributed by atoms with Crippen LogP contribution in [0.3, 0.4) is 0 Å². The first-order chi connectivity index (χ1) is 11.6. The van der Waals surface area contributed by atoms with E-state index in [4.69, 9.17) is 5.73 Å². The largest absolute Gasteiger partial charge is 0.369 e. The zero-order chi connectivity index (χ0) is 18.7. The second-order valence-corrected chi connectivity index (χ2v) is 9.51. The minimum atomic E-state index is -3.66. The van der Waals surface area contributed by atoms with Gasteiger partial charge in [-0.05, 0) is 30.0 Å². The molecule has 1 atom stereocenters. The lowest BCUT2D eigenvalue weighted by Crippen LogP contribution is -2.32. The zero-order valence-electron chi connectivity index (χ0n) is 13.6. The minimum absolute atomic E-state index is 0.0512. The number of nitrogens with one attached hydrogen (secondary N) is 1. The summed E-state index contributed by atoms with van der Waals surface area (Å²) in [7, 11) is -7.18. The average molecular weight is 387 g/mol. The number of nitrogens with zero attached hydrogens (tertiary/aromatic N) is 1. The first kappa shape index (κ1) is 19.6. The number of primary amides is 1. The van der Waals surface area contributed by atoms with E-state index >= 15 is 0 Å². The number of carbonyl (C=O) groups excluding carboxylic acids is 1. The third-order valence-corrected chi connectivity index (χ3v) is 6.87. The molecule has 3 N–H and O–H groups in total. The molecule has 0 spiro atoms. The van der Waals surface area contributed by atoms with Gasteiger partial charge in [0, 0.05) is 25.0 Å². The molecule has 0 aliphatic carbocycles. The van der Waals surface area contributed by atoms with Gasteiger partial charge in [0.25, 0.3) is 0 Å². The van der Waals surface area contributed by atoms with E-state index in [1.165, 1.54) is 16.4 Å². The van der Waals surface area contributed by atoms with Gasteiger partial charge in [0.2, 0.25) is 26.0 Å². The van der Waals surface area contributed by atoms with Gasteiger partial charge in [-0.3, -0.25) is 4.79 Å². The lowest BCUT2D eigenvalue weighted by atomic mass is 10.1. The Morgan fingerprint density at radius 3 is 2.48 bits per heavy atom. The van der Waals surface area contributed by atoms with Gasteiger partial charge in [0.15, 0.2) is 0 Å². The van der Waals surface area contributed by atoms with Crippen LogP contribution in [0.5, 0.6) is 0 Å². The van der Waals surface area contributed by atoms with Gasteiger partial charge < -0.3 is 5.73 Å². The average Bonchev–Trinajstić information content (AvgIpc) is 3.03. The van der Waals surface area contributed by atoms with Crippen molar-refractivity contribution >= 4 is 26.0 Å². The minimum Gasteiger partial charge on any atom is -0.369 e. The number of amides is 1. The molecule has 10 heteroatoms. The molecule has 0 radical (unpaired) electrons. The van der Waals surface area contributed by atoms with Crippen LogP contribution in [0.1, 0.15) is 12.0 Å². The second kappa shape index (κ2) is 7.65. The lowest BCUT2D eigenvalue weighted by Gasteiger charge is -2.17. The Bertz CT molecular complexity index is 848. The Hall–Kier alpha value is -1.75. The Morgan fingerprint density at radius 1 is 1.28 bits per heavy atom. The van der Waals surface area contributed by atoms with Gasteiger partial charge in [-0.15, -0.1) is 0 Å². The molecular formula is C15H21N3O5S2. The highest BCUT2D eigenvalue weighted by Crippen LogP contribution is 2.24. The number of carbonyl (C=O) groups is 1. The molecule has 1 aromatic rings. The molecule has 0 aromatic heterocycles. The standard InChI is InChI=1S/C15H21N3O5S2/c1-2-24(20,21)17-10-13-7-8-18(11-13)25(22,23)14-5-3-12(4-6-14)9-15(16)19/h2-6,13,17H,1,7-11H2,(H2,16,19). The first-order valence-corrected chi connectivity index (χ1v) is 10.6. The molecule has 25 heavy (non-hydrogen) atoms. The Balaban J connectivity index is 2.03. The third kappa shape index (κ3) is 5.11. The summed E-state index contributed by atoms with van der Waals surface area (Å²) >= 11 is 0. The quantitative estimate of drug-likeness (QED) is 0.638. The molecule has 8 nitrogen and oxygen atoms in total. The SMILES string of the molecule is C=CS(=O)(=O)NCC1CCN(S(=O)(=O)c2ccc(CC(N)=O)cc2)C1. The fourth-order valence-corrected chi connectivity index (χ4v) is 4.72. The Kier molecular flexibility index (Phi) is 5.99. The summed E-state index contributed by atoms with van der Waals surface area (Å²) in [6.45, 7) is 3.94. The summed E-state index contributed by atoms with van der Waals surface area (Å²) < 4.78 is 51.8. The number of sulfonamides is 2. The summed E-state index contributed by atoms with van der Waals surface area (Å²) in [6.07, 6.45) is 0.619. The van der Waals surface area contributed by atoms with E-state index in [2.05, 4.69) is 11.3 Å². The summed E-state index contributed by atoms with van der Waals surface area (Å²) in [5, 5.41) is 0.824. The molecule has 1 saturated heterocycles. The number of benzene rings is 1. The number of hydrogen-bond donors (Lipinski definition) is 2. The van der Waals surface area contributed by atoms with Crippen LogP contribution >= 0.6 is 0 Å². The fourth-order valence-electron chi connectivity index (χ4n) is 2.60. The van der Waals surface area contributed by atoms with Crippen LogP contribution < -0.4 is 10.5 Å². The summed E-state index contributed by atoms with van der Waals surface area (Å²) in [5.41, 5.74) is 5.76. The Morgan fingerprint density at radius 2 is 1.92 bits per heavy atom. The predicted molar refractivity (Wildman–Crippen MR) is 93.3 cm³/mol. The van der Waals surface area contributed by atoms with E-state index in [0.717, 1.165) is 5.41 Å². The highest BCUT2D eigenvalue weighted by Gasteiger charge is 2.32. The van der Waals surface area contributed by atoms with Crippen molar-refractivity contribution in [2.75, 3.05) is 19.6 Å². The molecule has 1 unspecified atom stereocenters. The maximum Gasteiger partial charge on any atom is 0.243 e. The summed E-state index contributed by atoms with van der Waals surface area (Å²) in [6, 6.07) is 6.01. The van der Waals surface area contributed by atoms with Crippen molar-refractivity contribution in [3.8, 4) is 0 Å². The normalized spacial score (nSPS) is 19.0. The van der Waals surface area contributed by atoms with Crippen molar-refractivity contribution < 1.29 is 21.6 Å². The molecule has 2 rings (SSSR count). The van der Waals surface area contributed by atoms with E-state index in [0.29, 0.717) is 18.5 Å². The smallest absolute Gasteiger partial charge is 0.243 e. The van der Waals surface area contributed by atoms with Gasteiger partial charge in [-0.25, -0.2) is 21.6 Å². The van der Waals surface area contributed by atoms with Crippen LogP contribution in [-0.2, 0) is 31.3 Å². The maximum atomic E-state index is 12.7. The topological polar surface area (TPSA) is 127 Å². The van der Waals surface area contributed by atoms with Crippen molar-refractivity contribution in [2.45, 2.75) is 17.7 Å². The molecule has 1 aliphatic heterocycles. The van der Waals surface area contributed by atoms with E-state index in [9.17, 15) is 21.6 Å². The monoisotopic (exact) mass is 387 g/mol. The van der Waals surface area contributed by atoms with Crippen LogP contribution in [0.25, 0.3) is 0 Å². The highest BCUT2D eigenvalue weighted by atomic mass is 32.2. The van der Waals surface area contributed by atoms with Crippen LogP contribution in [0.2, 0.25) is 0 Å². The van der Waals surface area contributed by atoms with Crippen LogP contribution in [0.15, 0.2) is 41.1 Å². The van der Waals surface area contributed by atoms with Gasteiger partial charge >= 0.3 is 0 Å². The van der Waals surface area contributed by atoms with Crippen LogP contribution in [-0.4, -0.2) is 46.7 Å². The van der Waals surface area contributed by atoms with Crippen molar-refractivity contribution in [1.82, 2.24) is 9.03 Å². The first-order valence-electron chi connectivity index (χ1n) is 7.63. The van der Waals surface area contributed by atoms with Crippen LogP contribution in [0, 0.1) is 5.92 Å². The predicted octanol–water partition coefficient (Wildman–Crippen LogP) is -0.212. The third-order valence-electron chi connectivity index (χ3n) is 3.98. The summed E-state index contributed by atoms with van der Waals surface area (Å²) in [4.78, 5) is 11.0. The fraction of sp³-hybridized carbons (Fsp3) is 0.400. The van der Waals surface area contributed by atoms with Crippen molar-refractivity contribution in [1.29, 1.82) is 0 Å². The molecule has 0 saturated carbocycles. The van der Waals surface area contributed by atoms with Gasteiger partial charge in [0.1, 0.15) is 0 Å². The maximum absolute atomic E-state index is 12.7. The molecule has 1 amide bonds. The van der Waals surface area contributed by atoms with Crippen molar-refractivity contribution in [3.63, 3.8) is 0 Å². The summed E-state index contributed by atoms with van der Waals surface area (Å²) in [5.74, 6) is -0.585. The molecule has 1 heterocycles. The van der Waals surface area contributed by atoms with Gasteiger partial charge in [-0.1, -0.05) is 18.7 Å². The van der Waals surface area contributed by atoms with E-state index in [1.807, 2.05) is 0 Å². The Labute approximate surface area is 147 Å². The number of nitrogens with two attached hydrogens (primary N) is 1. The van der Waals surface area contributed by atoms with Crippen LogP contribution in [0.4, 0.5) is 0 Å². The number of rotatable bonds is 8. The van der Waals surface area contributed by atoms with Gasteiger partial charge in [-0.2, -0.15) is 4.31 Å². The van der Waals surface area contributed by atoms with Crippen molar-refractivity contribution in [3.05, 3.63) is 41.8 Å². The lowest BCUT2D eigenvalue weighted by molar-refractivity contribution is -0.117. The van der Waals surface area contributed by atoms with E-state index in [1.54, 1.807) is 12.1 Å². The highest BCUT2D eigenvalue weighted by molar-refractivity contribution is 7.92. The molecule has 1 fully saturated rings. The molecule has 0 bridgehead atoms. The van der Waals surface area contributed by atoms with E-state index in [-0.39, 0.29) is 30.3 Å². The zero-order valence-corrected chi connectivity index (χ0v) is 15.2. The molecule has 1 aromatic carbocycles. The molecule has 1 aliphatic rings. The van der Waals surface area contributed by atoms with Crippen molar-refractivity contribution in [2.24, 2.45) is 11.7 Å². The van der Waals surface area contributed by atoms with Gasteiger partial charge in [0.05, 0.1) is 11.3 Å². The number of hydrogen-bond acceptors (Lipinski definition) is 5. The second-order valence-electron chi connectivity index (χ2n) is 5.86. The van der Waals surface area contributed by atoms with E-state index < -0.39 is 26.0 Å². The molecule has 138 valence electrons.